The SMILES string of the molecule is O=C(Cn1c2c(sc1=O)C(c1ccc(O)cc1)C1C(=O)N(c3ccc(Cl)cc3)C(=O)C1S2)N1CCCCC1. The fraction of sp³-hybridized carbons (Fsp3) is 0.333. The Hall–Kier alpha value is -3.08. The standard InChI is InChI=1S/C27H24ClN3O5S2/c28-16-6-8-17(9-7-16)31-24(34)21-20(15-4-10-18(32)11-5-15)23-26(37-22(21)25(31)35)30(27(36)38-23)14-19(33)29-12-2-1-3-13-29/h4-11,20-22,32H,1-3,12-14H2. The molecule has 8 nitrogen and oxygen atoms in total. The molecule has 3 aromatic rings. The summed E-state index contributed by atoms with van der Waals surface area (Å²) >= 11 is 8.24. The number of aromatic hydroxyl groups is 1. The van der Waals surface area contributed by atoms with Crippen LogP contribution in [0.25, 0.3) is 0 Å². The largest absolute Gasteiger partial charge is 0.508 e. The van der Waals surface area contributed by atoms with Gasteiger partial charge in [-0.05, 0) is 61.2 Å². The summed E-state index contributed by atoms with van der Waals surface area (Å²) in [5.41, 5.74) is 1.15. The van der Waals surface area contributed by atoms with Crippen molar-refractivity contribution in [1.82, 2.24) is 9.47 Å². The number of halogens is 1. The number of likely N-dealkylation sites (tertiary alicyclic amines) is 1. The molecule has 0 saturated carbocycles. The molecule has 3 aliphatic heterocycles. The number of phenolic OH excluding ortho intramolecular Hbond substituents is 1. The van der Waals surface area contributed by atoms with Gasteiger partial charge in [0, 0.05) is 28.9 Å². The molecule has 11 heteroatoms. The first-order chi connectivity index (χ1) is 18.3. The van der Waals surface area contributed by atoms with Crippen molar-refractivity contribution in [2.24, 2.45) is 5.92 Å². The molecule has 1 N–H and O–H groups in total. The van der Waals surface area contributed by atoms with Gasteiger partial charge in [-0.3, -0.25) is 23.7 Å². The molecular formula is C27H24ClN3O5S2. The zero-order chi connectivity index (χ0) is 26.6. The van der Waals surface area contributed by atoms with Crippen molar-refractivity contribution < 1.29 is 19.5 Å². The number of aromatic nitrogens is 1. The van der Waals surface area contributed by atoms with E-state index in [2.05, 4.69) is 0 Å². The maximum atomic E-state index is 13.8. The van der Waals surface area contributed by atoms with Crippen LogP contribution >= 0.6 is 34.7 Å². The molecule has 3 aliphatic rings. The van der Waals surface area contributed by atoms with Crippen LogP contribution in [0.5, 0.6) is 5.75 Å². The van der Waals surface area contributed by atoms with Crippen molar-refractivity contribution in [3.05, 3.63) is 73.7 Å². The number of fused-ring (bicyclic) bond motifs is 2. The molecule has 1 aromatic heterocycles. The molecule has 0 bridgehead atoms. The number of amides is 3. The van der Waals surface area contributed by atoms with E-state index in [-0.39, 0.29) is 34.9 Å². The number of rotatable bonds is 4. The highest BCUT2D eigenvalue weighted by molar-refractivity contribution is 8.00. The lowest BCUT2D eigenvalue weighted by molar-refractivity contribution is -0.133. The van der Waals surface area contributed by atoms with E-state index in [9.17, 15) is 24.3 Å². The van der Waals surface area contributed by atoms with Crippen LogP contribution in [0.1, 0.15) is 35.6 Å². The monoisotopic (exact) mass is 569 g/mol. The molecule has 2 saturated heterocycles. The second kappa shape index (κ2) is 9.91. The van der Waals surface area contributed by atoms with Crippen molar-refractivity contribution in [3.8, 4) is 5.75 Å². The third-order valence-corrected chi connectivity index (χ3v) is 10.2. The van der Waals surface area contributed by atoms with Gasteiger partial charge in [-0.25, -0.2) is 4.90 Å². The quantitative estimate of drug-likeness (QED) is 0.475. The van der Waals surface area contributed by atoms with E-state index in [1.54, 1.807) is 41.3 Å². The summed E-state index contributed by atoms with van der Waals surface area (Å²) in [4.78, 5) is 57.2. The number of phenols is 1. The highest BCUT2D eigenvalue weighted by Gasteiger charge is 2.56. The first-order valence-corrected chi connectivity index (χ1v) is 14.5. The van der Waals surface area contributed by atoms with Gasteiger partial charge < -0.3 is 10.0 Å². The molecule has 3 amide bonds. The summed E-state index contributed by atoms with van der Waals surface area (Å²) in [5, 5.41) is 10.2. The molecule has 3 unspecified atom stereocenters. The molecule has 0 radical (unpaired) electrons. The van der Waals surface area contributed by atoms with Gasteiger partial charge in [-0.2, -0.15) is 0 Å². The van der Waals surface area contributed by atoms with Crippen molar-refractivity contribution in [2.45, 2.75) is 42.0 Å². The minimum Gasteiger partial charge on any atom is -0.508 e. The third kappa shape index (κ3) is 4.24. The van der Waals surface area contributed by atoms with Crippen LogP contribution in [0.4, 0.5) is 5.69 Å². The predicted octanol–water partition coefficient (Wildman–Crippen LogP) is 4.08. The highest BCUT2D eigenvalue weighted by Crippen LogP contribution is 2.54. The summed E-state index contributed by atoms with van der Waals surface area (Å²) in [6, 6.07) is 13.0. The Bertz CT molecular complexity index is 1480. The maximum Gasteiger partial charge on any atom is 0.308 e. The summed E-state index contributed by atoms with van der Waals surface area (Å²) in [5.74, 6) is -2.08. The second-order valence-electron chi connectivity index (χ2n) is 9.69. The zero-order valence-electron chi connectivity index (χ0n) is 20.2. The summed E-state index contributed by atoms with van der Waals surface area (Å²) in [6.07, 6.45) is 2.98. The number of carbonyl (C=O) groups is 3. The predicted molar refractivity (Wildman–Crippen MR) is 146 cm³/mol. The molecule has 0 spiro atoms. The first kappa shape index (κ1) is 25.2. The van der Waals surface area contributed by atoms with Gasteiger partial charge in [0.25, 0.3) is 0 Å². The minimum atomic E-state index is -0.769. The number of benzene rings is 2. The van der Waals surface area contributed by atoms with Crippen molar-refractivity contribution >= 4 is 58.1 Å². The topological polar surface area (TPSA) is 99.9 Å². The fourth-order valence-electron chi connectivity index (χ4n) is 5.52. The van der Waals surface area contributed by atoms with Crippen LogP contribution in [-0.4, -0.2) is 50.6 Å². The number of thioether (sulfide) groups is 1. The number of hydrogen-bond donors (Lipinski definition) is 1. The first-order valence-electron chi connectivity index (χ1n) is 12.4. The number of carbonyl (C=O) groups excluding carboxylic acids is 3. The zero-order valence-corrected chi connectivity index (χ0v) is 22.6. The van der Waals surface area contributed by atoms with Gasteiger partial charge >= 0.3 is 4.87 Å². The molecule has 0 aliphatic carbocycles. The summed E-state index contributed by atoms with van der Waals surface area (Å²) in [7, 11) is 0. The number of nitrogens with zero attached hydrogens (tertiary/aromatic N) is 3. The number of piperidine rings is 1. The lowest BCUT2D eigenvalue weighted by atomic mass is 9.83. The van der Waals surface area contributed by atoms with E-state index >= 15 is 0 Å². The Morgan fingerprint density at radius 1 is 0.947 bits per heavy atom. The number of imide groups is 1. The lowest BCUT2D eigenvalue weighted by Crippen LogP contribution is -2.39. The Labute approximate surface area is 231 Å². The van der Waals surface area contributed by atoms with Crippen LogP contribution < -0.4 is 9.77 Å². The van der Waals surface area contributed by atoms with E-state index in [1.807, 2.05) is 0 Å². The normalized spacial score (nSPS) is 22.9. The Kier molecular flexibility index (Phi) is 6.57. The van der Waals surface area contributed by atoms with Gasteiger partial charge in [0.1, 0.15) is 17.5 Å². The van der Waals surface area contributed by atoms with Crippen LogP contribution in [0.2, 0.25) is 5.02 Å². The maximum absolute atomic E-state index is 13.8. The van der Waals surface area contributed by atoms with Gasteiger partial charge in [-0.1, -0.05) is 46.8 Å². The third-order valence-electron chi connectivity index (χ3n) is 7.39. The fourth-order valence-corrected chi connectivity index (χ4v) is 8.42. The smallest absolute Gasteiger partial charge is 0.308 e. The Balaban J connectivity index is 1.43. The molecule has 2 aromatic carbocycles. The Morgan fingerprint density at radius 3 is 2.32 bits per heavy atom. The van der Waals surface area contributed by atoms with Crippen LogP contribution in [0, 0.1) is 5.92 Å². The van der Waals surface area contributed by atoms with Crippen LogP contribution in [-0.2, 0) is 20.9 Å². The molecular weight excluding hydrogens is 546 g/mol. The second-order valence-corrected chi connectivity index (χ2v) is 12.2. The van der Waals surface area contributed by atoms with Gasteiger partial charge in [0.15, 0.2) is 0 Å². The van der Waals surface area contributed by atoms with E-state index < -0.39 is 17.1 Å². The molecule has 4 heterocycles. The van der Waals surface area contributed by atoms with Gasteiger partial charge in [0.2, 0.25) is 17.7 Å². The molecule has 2 fully saturated rings. The minimum absolute atomic E-state index is 0.0743. The van der Waals surface area contributed by atoms with Crippen LogP contribution in [0.15, 0.2) is 58.4 Å². The van der Waals surface area contributed by atoms with Gasteiger partial charge in [0.05, 0.1) is 16.6 Å². The molecule has 6 rings (SSSR count). The van der Waals surface area contributed by atoms with Crippen LogP contribution in [0.3, 0.4) is 0 Å². The van der Waals surface area contributed by atoms with Gasteiger partial charge in [-0.15, -0.1) is 0 Å². The molecule has 3 atom stereocenters. The van der Waals surface area contributed by atoms with E-state index in [1.165, 1.54) is 33.4 Å². The summed E-state index contributed by atoms with van der Waals surface area (Å²) in [6.45, 7) is 1.26. The van der Waals surface area contributed by atoms with Crippen molar-refractivity contribution in [1.29, 1.82) is 0 Å². The Morgan fingerprint density at radius 2 is 1.63 bits per heavy atom. The van der Waals surface area contributed by atoms with Crippen molar-refractivity contribution in [2.75, 3.05) is 18.0 Å². The molecule has 196 valence electrons. The highest BCUT2D eigenvalue weighted by atomic mass is 35.5. The molecule has 38 heavy (non-hydrogen) atoms. The lowest BCUT2D eigenvalue weighted by Gasteiger charge is -2.31. The van der Waals surface area contributed by atoms with E-state index in [0.29, 0.717) is 39.3 Å². The number of anilines is 1. The summed E-state index contributed by atoms with van der Waals surface area (Å²) < 4.78 is 1.47. The average Bonchev–Trinajstić information content (AvgIpc) is 3.36. The average molecular weight is 570 g/mol. The number of thiazole rings is 1. The van der Waals surface area contributed by atoms with E-state index in [4.69, 9.17) is 11.6 Å². The van der Waals surface area contributed by atoms with Crippen molar-refractivity contribution in [3.63, 3.8) is 0 Å². The van der Waals surface area contributed by atoms with E-state index in [0.717, 1.165) is 30.6 Å². The number of hydrogen-bond acceptors (Lipinski definition) is 7.